The Morgan fingerprint density at radius 2 is 1.77 bits per heavy atom. The van der Waals surface area contributed by atoms with Crippen molar-refractivity contribution in [3.63, 3.8) is 0 Å². The van der Waals surface area contributed by atoms with Crippen LogP contribution < -0.4 is 0 Å². The van der Waals surface area contributed by atoms with E-state index < -0.39 is 18.2 Å². The minimum Gasteiger partial charge on any atom is -0.481 e. The first-order valence-electron chi connectivity index (χ1n) is 3.60. The highest BCUT2D eigenvalue weighted by molar-refractivity contribution is 6.30. The van der Waals surface area contributed by atoms with E-state index in [2.05, 4.69) is 0 Å². The quantitative estimate of drug-likeness (QED) is 0.597. The zero-order valence-electron chi connectivity index (χ0n) is 6.66. The number of carboxylic acid groups (broad SMARTS) is 1. The third-order valence-corrected chi connectivity index (χ3v) is 1.73. The van der Waals surface area contributed by atoms with Crippen LogP contribution in [0.4, 0.5) is 0 Å². The fourth-order valence-electron chi connectivity index (χ4n) is 0.875. The molecule has 0 amide bonds. The molecule has 3 nitrogen and oxygen atoms in total. The number of carboxylic acids is 1. The van der Waals surface area contributed by atoms with Crippen LogP contribution >= 0.6 is 11.6 Å². The summed E-state index contributed by atoms with van der Waals surface area (Å²) in [4.78, 5) is 21.3. The highest BCUT2D eigenvalue weighted by Crippen LogP contribution is 2.10. The zero-order chi connectivity index (χ0) is 9.84. The number of carbonyl (C=O) groups is 2. The van der Waals surface area contributed by atoms with E-state index in [1.54, 1.807) is 12.1 Å². The lowest BCUT2D eigenvalue weighted by molar-refractivity contribution is -0.135. The van der Waals surface area contributed by atoms with Crippen molar-refractivity contribution in [3.05, 3.63) is 34.9 Å². The molecule has 0 fully saturated rings. The summed E-state index contributed by atoms with van der Waals surface area (Å²) in [6, 6.07) is 6.12. The van der Waals surface area contributed by atoms with Crippen LogP contribution in [-0.2, 0) is 4.79 Å². The monoisotopic (exact) mass is 198 g/mol. The van der Waals surface area contributed by atoms with Gasteiger partial charge in [-0.2, -0.15) is 0 Å². The van der Waals surface area contributed by atoms with Crippen molar-refractivity contribution in [1.29, 1.82) is 0 Å². The molecule has 0 saturated carbocycles. The molecule has 68 valence electrons. The Bertz CT molecular complexity index is 329. The van der Waals surface area contributed by atoms with Crippen molar-refractivity contribution in [3.8, 4) is 0 Å². The second-order valence-electron chi connectivity index (χ2n) is 2.50. The van der Waals surface area contributed by atoms with Crippen LogP contribution in [0.5, 0.6) is 0 Å². The van der Waals surface area contributed by atoms with Crippen molar-refractivity contribution < 1.29 is 14.7 Å². The molecule has 4 heteroatoms. The summed E-state index contributed by atoms with van der Waals surface area (Å²) in [5.41, 5.74) is 0.367. The molecule has 0 aliphatic heterocycles. The van der Waals surface area contributed by atoms with E-state index in [-0.39, 0.29) is 0 Å². The molecule has 0 atom stereocenters. The minimum atomic E-state index is -1.13. The van der Waals surface area contributed by atoms with E-state index in [4.69, 9.17) is 16.7 Å². The molecule has 1 aromatic carbocycles. The van der Waals surface area contributed by atoms with Gasteiger partial charge in [0, 0.05) is 10.6 Å². The van der Waals surface area contributed by atoms with Gasteiger partial charge >= 0.3 is 5.97 Å². The number of rotatable bonds is 3. The summed E-state index contributed by atoms with van der Waals surface area (Å²) in [6.07, 6.45) is -0.484. The number of hydrogen-bond donors (Lipinski definition) is 1. The summed E-state index contributed by atoms with van der Waals surface area (Å²) < 4.78 is 0. The number of halogens is 1. The third-order valence-electron chi connectivity index (χ3n) is 1.48. The number of benzene rings is 1. The molecule has 1 N–H and O–H groups in total. The molecule has 0 heterocycles. The average molecular weight is 199 g/mol. The Kier molecular flexibility index (Phi) is 3.03. The highest BCUT2D eigenvalue weighted by Gasteiger charge is 2.09. The lowest BCUT2D eigenvalue weighted by atomic mass is 10.1. The Labute approximate surface area is 79.9 Å². The Balaban J connectivity index is 2.78. The largest absolute Gasteiger partial charge is 0.481 e. The fourth-order valence-corrected chi connectivity index (χ4v) is 1.00. The van der Waals surface area contributed by atoms with Crippen LogP contribution in [0.25, 0.3) is 0 Å². The standard InChI is InChI=1S/C9H7ClO3/c10-7-3-1-6(2-4-7)8(11)5-9(12)13/h1-4H,5H2,(H,12,13). The lowest BCUT2D eigenvalue weighted by Gasteiger charge is -1.96. The number of aliphatic carboxylic acids is 1. The van der Waals surface area contributed by atoms with Crippen LogP contribution in [0, 0.1) is 0 Å². The van der Waals surface area contributed by atoms with E-state index in [0.29, 0.717) is 10.6 Å². The van der Waals surface area contributed by atoms with Gasteiger partial charge in [-0.15, -0.1) is 0 Å². The summed E-state index contributed by atoms with van der Waals surface area (Å²) in [7, 11) is 0. The van der Waals surface area contributed by atoms with Gasteiger partial charge in [0.05, 0.1) is 0 Å². The summed E-state index contributed by atoms with van der Waals surface area (Å²) in [5.74, 6) is -1.54. The molecular formula is C9H7ClO3. The number of Topliss-reactive ketones (excluding diaryl/α,β-unsaturated/α-hetero) is 1. The van der Waals surface area contributed by atoms with Crippen LogP contribution in [-0.4, -0.2) is 16.9 Å². The first-order valence-corrected chi connectivity index (χ1v) is 3.98. The second kappa shape index (κ2) is 4.05. The molecule has 1 aromatic rings. The molecule has 0 aliphatic carbocycles. The number of carbonyl (C=O) groups excluding carboxylic acids is 1. The molecule has 0 radical (unpaired) electrons. The first kappa shape index (κ1) is 9.74. The Morgan fingerprint density at radius 3 is 2.23 bits per heavy atom. The second-order valence-corrected chi connectivity index (χ2v) is 2.94. The number of ketones is 1. The zero-order valence-corrected chi connectivity index (χ0v) is 7.41. The normalized spacial score (nSPS) is 9.62. The van der Waals surface area contributed by atoms with Crippen molar-refractivity contribution in [2.45, 2.75) is 6.42 Å². The molecule has 0 unspecified atom stereocenters. The predicted molar refractivity (Wildman–Crippen MR) is 48.0 cm³/mol. The third kappa shape index (κ3) is 2.87. The summed E-state index contributed by atoms with van der Waals surface area (Å²) in [6.45, 7) is 0. The smallest absolute Gasteiger partial charge is 0.311 e. The maximum absolute atomic E-state index is 11.1. The first-order chi connectivity index (χ1) is 6.09. The molecule has 0 aromatic heterocycles. The van der Waals surface area contributed by atoms with Crippen molar-refractivity contribution in [2.75, 3.05) is 0 Å². The van der Waals surface area contributed by atoms with E-state index in [1.807, 2.05) is 0 Å². The number of hydrogen-bond acceptors (Lipinski definition) is 2. The summed E-state index contributed by atoms with van der Waals surface area (Å²) in [5, 5.41) is 8.87. The molecule has 0 bridgehead atoms. The van der Waals surface area contributed by atoms with Gasteiger partial charge in [0.15, 0.2) is 5.78 Å². The average Bonchev–Trinajstić information content (AvgIpc) is 2.04. The molecule has 0 aliphatic rings. The van der Waals surface area contributed by atoms with E-state index in [0.717, 1.165) is 0 Å². The Morgan fingerprint density at radius 1 is 1.23 bits per heavy atom. The van der Waals surface area contributed by atoms with Crippen molar-refractivity contribution in [1.82, 2.24) is 0 Å². The van der Waals surface area contributed by atoms with Crippen molar-refractivity contribution in [2.24, 2.45) is 0 Å². The van der Waals surface area contributed by atoms with Crippen LogP contribution in [0.2, 0.25) is 5.02 Å². The van der Waals surface area contributed by atoms with E-state index in [9.17, 15) is 9.59 Å². The Hall–Kier alpha value is -1.35. The predicted octanol–water partition coefficient (Wildman–Crippen LogP) is 2.00. The van der Waals surface area contributed by atoms with Crippen molar-refractivity contribution >= 4 is 23.4 Å². The van der Waals surface area contributed by atoms with Gasteiger partial charge in [0.25, 0.3) is 0 Å². The molecule has 1 rings (SSSR count). The SMILES string of the molecule is O=C(O)CC(=O)c1ccc(Cl)cc1. The molecular weight excluding hydrogens is 192 g/mol. The van der Waals surface area contributed by atoms with Gasteiger partial charge in [-0.25, -0.2) is 0 Å². The highest BCUT2D eigenvalue weighted by atomic mass is 35.5. The van der Waals surface area contributed by atoms with Crippen LogP contribution in [0.3, 0.4) is 0 Å². The van der Waals surface area contributed by atoms with Gasteiger partial charge in [-0.05, 0) is 24.3 Å². The fraction of sp³-hybridized carbons (Fsp3) is 0.111. The van der Waals surface area contributed by atoms with Crippen LogP contribution in [0.1, 0.15) is 16.8 Å². The minimum absolute atomic E-state index is 0.367. The van der Waals surface area contributed by atoms with Crippen LogP contribution in [0.15, 0.2) is 24.3 Å². The van der Waals surface area contributed by atoms with E-state index >= 15 is 0 Å². The molecule has 0 saturated heterocycles. The maximum Gasteiger partial charge on any atom is 0.311 e. The lowest BCUT2D eigenvalue weighted by Crippen LogP contribution is -2.06. The molecule has 13 heavy (non-hydrogen) atoms. The topological polar surface area (TPSA) is 54.4 Å². The van der Waals surface area contributed by atoms with E-state index in [1.165, 1.54) is 12.1 Å². The van der Waals surface area contributed by atoms with Gasteiger partial charge in [0.2, 0.25) is 0 Å². The van der Waals surface area contributed by atoms with Gasteiger partial charge in [-0.3, -0.25) is 9.59 Å². The molecule has 0 spiro atoms. The summed E-state index contributed by atoms with van der Waals surface area (Å²) >= 11 is 5.59. The van der Waals surface area contributed by atoms with Gasteiger partial charge in [-0.1, -0.05) is 11.6 Å². The van der Waals surface area contributed by atoms with Gasteiger partial charge in [0.1, 0.15) is 6.42 Å². The maximum atomic E-state index is 11.1. The van der Waals surface area contributed by atoms with Gasteiger partial charge < -0.3 is 5.11 Å².